The Labute approximate surface area is 277 Å². The van der Waals surface area contributed by atoms with E-state index >= 15 is 0 Å². The summed E-state index contributed by atoms with van der Waals surface area (Å²) in [5.74, 6) is -2.08. The molecule has 1 fully saturated rings. The Bertz CT molecular complexity index is 1190. The van der Waals surface area contributed by atoms with Gasteiger partial charge in [0.2, 0.25) is 23.6 Å². The van der Waals surface area contributed by atoms with E-state index in [0.29, 0.717) is 31.4 Å². The molecule has 1 aliphatic heterocycles. The van der Waals surface area contributed by atoms with Crippen LogP contribution in [0, 0.1) is 5.92 Å². The van der Waals surface area contributed by atoms with Crippen molar-refractivity contribution in [2.75, 3.05) is 12.0 Å². The third-order valence-electron chi connectivity index (χ3n) is 7.36. The Kier molecular flexibility index (Phi) is 16.3. The van der Waals surface area contributed by atoms with Crippen molar-refractivity contribution in [3.05, 3.63) is 35.9 Å². The van der Waals surface area contributed by atoms with Crippen LogP contribution < -0.4 is 21.3 Å². The highest BCUT2D eigenvalue weighted by Crippen LogP contribution is 2.15. The van der Waals surface area contributed by atoms with E-state index < -0.39 is 53.5 Å². The minimum Gasteiger partial charge on any atom is -0.460 e. The predicted octanol–water partition coefficient (Wildman–Crippen LogP) is 3.23. The molecule has 0 aliphatic carbocycles. The second kappa shape index (κ2) is 19.3. The fourth-order valence-electron chi connectivity index (χ4n) is 5.08. The minimum absolute atomic E-state index is 0.0192. The highest BCUT2D eigenvalue weighted by Gasteiger charge is 2.32. The molecule has 11 nitrogen and oxygen atoms in total. The molecule has 0 aromatic heterocycles. The van der Waals surface area contributed by atoms with Crippen molar-refractivity contribution in [1.82, 2.24) is 21.3 Å². The van der Waals surface area contributed by atoms with Crippen molar-refractivity contribution >= 4 is 47.1 Å². The van der Waals surface area contributed by atoms with E-state index in [-0.39, 0.29) is 49.7 Å². The number of ether oxygens (including phenoxy) is 1. The molecule has 46 heavy (non-hydrogen) atoms. The summed E-state index contributed by atoms with van der Waals surface area (Å²) in [6.45, 7) is 9.08. The van der Waals surface area contributed by atoms with Crippen LogP contribution in [0.3, 0.4) is 0 Å². The molecule has 4 atom stereocenters. The molecule has 1 heterocycles. The Morgan fingerprint density at radius 3 is 2.04 bits per heavy atom. The fraction of sp³-hybridized carbons (Fsp3) is 0.647. The molecular formula is C34H52N4O7S. The number of amides is 4. The second-order valence-electron chi connectivity index (χ2n) is 13.2. The number of rotatable bonds is 10. The van der Waals surface area contributed by atoms with Gasteiger partial charge in [0.25, 0.3) is 0 Å². The van der Waals surface area contributed by atoms with Crippen LogP contribution in [0.15, 0.2) is 30.3 Å². The smallest absolute Gasteiger partial charge is 0.306 e. The monoisotopic (exact) mass is 660 g/mol. The molecule has 0 spiro atoms. The van der Waals surface area contributed by atoms with Gasteiger partial charge in [-0.05, 0) is 76.4 Å². The maximum Gasteiger partial charge on any atom is 0.306 e. The molecule has 1 aliphatic rings. The molecule has 1 aromatic carbocycles. The Morgan fingerprint density at radius 2 is 1.41 bits per heavy atom. The molecule has 1 aromatic rings. The SMILES string of the molecule is CSCC[C@@H]1NC(=O)[C@H](Cc2ccccc2)NC(=O)CCCCC(=O)[C@H](CCC(=O)OC(C)(C)C)NC(=O)[C@H](CC(C)C)NC1=O. The molecule has 0 unspecified atom stereocenters. The van der Waals surface area contributed by atoms with Gasteiger partial charge in [0.1, 0.15) is 23.7 Å². The lowest BCUT2D eigenvalue weighted by atomic mass is 9.98. The number of hydrogen-bond acceptors (Lipinski definition) is 8. The molecular weight excluding hydrogens is 608 g/mol. The minimum atomic E-state index is -0.978. The van der Waals surface area contributed by atoms with Gasteiger partial charge in [-0.3, -0.25) is 28.8 Å². The lowest BCUT2D eigenvalue weighted by Crippen LogP contribution is -2.58. The summed E-state index contributed by atoms with van der Waals surface area (Å²) in [5.41, 5.74) is 0.148. The van der Waals surface area contributed by atoms with Crippen molar-refractivity contribution in [3.63, 3.8) is 0 Å². The summed E-state index contributed by atoms with van der Waals surface area (Å²) in [7, 11) is 0. The Morgan fingerprint density at radius 1 is 0.826 bits per heavy atom. The molecule has 12 heteroatoms. The van der Waals surface area contributed by atoms with Crippen molar-refractivity contribution in [2.45, 2.75) is 122 Å². The zero-order valence-electron chi connectivity index (χ0n) is 28.1. The highest BCUT2D eigenvalue weighted by atomic mass is 32.2. The fourth-order valence-corrected chi connectivity index (χ4v) is 5.55. The summed E-state index contributed by atoms with van der Waals surface area (Å²) < 4.78 is 5.39. The van der Waals surface area contributed by atoms with Gasteiger partial charge in [0.15, 0.2) is 5.78 Å². The van der Waals surface area contributed by atoms with Gasteiger partial charge >= 0.3 is 5.97 Å². The number of ketones is 1. The summed E-state index contributed by atoms with van der Waals surface area (Å²) in [6.07, 6.45) is 3.61. The average Bonchev–Trinajstić information content (AvgIpc) is 2.97. The van der Waals surface area contributed by atoms with Crippen LogP contribution in [0.25, 0.3) is 0 Å². The summed E-state index contributed by atoms with van der Waals surface area (Å²) in [6, 6.07) is 5.44. The van der Waals surface area contributed by atoms with Crippen LogP contribution in [0.4, 0.5) is 0 Å². The number of carbonyl (C=O) groups is 6. The molecule has 4 amide bonds. The Hall–Kier alpha value is -3.41. The first-order valence-electron chi connectivity index (χ1n) is 16.2. The summed E-state index contributed by atoms with van der Waals surface area (Å²) in [4.78, 5) is 79.6. The molecule has 1 saturated heterocycles. The van der Waals surface area contributed by atoms with E-state index in [0.717, 1.165) is 5.56 Å². The maximum absolute atomic E-state index is 13.6. The topological polar surface area (TPSA) is 160 Å². The predicted molar refractivity (Wildman–Crippen MR) is 179 cm³/mol. The van der Waals surface area contributed by atoms with E-state index in [1.165, 1.54) is 11.8 Å². The number of esters is 1. The van der Waals surface area contributed by atoms with Crippen LogP contribution >= 0.6 is 11.8 Å². The van der Waals surface area contributed by atoms with Crippen LogP contribution in [0.1, 0.15) is 91.5 Å². The third kappa shape index (κ3) is 14.8. The van der Waals surface area contributed by atoms with Crippen LogP contribution in [0.5, 0.6) is 0 Å². The highest BCUT2D eigenvalue weighted by molar-refractivity contribution is 7.98. The Balaban J connectivity index is 2.38. The van der Waals surface area contributed by atoms with Gasteiger partial charge in [-0.1, -0.05) is 44.2 Å². The first kappa shape index (κ1) is 38.8. The van der Waals surface area contributed by atoms with Crippen LogP contribution in [-0.4, -0.2) is 77.2 Å². The zero-order valence-corrected chi connectivity index (χ0v) is 28.9. The number of carbonyl (C=O) groups excluding carboxylic acids is 6. The van der Waals surface area contributed by atoms with Crippen molar-refractivity contribution in [1.29, 1.82) is 0 Å². The normalized spacial score (nSPS) is 22.7. The van der Waals surface area contributed by atoms with E-state index in [4.69, 9.17) is 4.74 Å². The van der Waals surface area contributed by atoms with E-state index in [1.807, 2.05) is 50.4 Å². The quantitative estimate of drug-likeness (QED) is 0.279. The van der Waals surface area contributed by atoms with Gasteiger partial charge in [-0.25, -0.2) is 0 Å². The first-order chi connectivity index (χ1) is 21.7. The summed E-state index contributed by atoms with van der Waals surface area (Å²) >= 11 is 1.51. The first-order valence-corrected chi connectivity index (χ1v) is 17.6. The van der Waals surface area contributed by atoms with Crippen molar-refractivity contribution < 1.29 is 33.5 Å². The standard InChI is InChI=1S/C34H52N4O7S/c1-22(2)20-26-32(43)36-24(16-17-30(41)45-34(3,4)5)28(39)14-10-11-15-29(40)35-27(21-23-12-8-7-9-13-23)33(44)37-25(18-19-46-6)31(42)38-26/h7-9,12-13,22,24-27H,10-11,14-21H2,1-6H3,(H,35,40)(H,36,43)(H,37,44)(H,38,42)/t24-,25-,26-,27-/m0/s1. The average molecular weight is 661 g/mol. The number of Topliss-reactive ketones (excluding diaryl/α,β-unsaturated/α-hetero) is 1. The van der Waals surface area contributed by atoms with Crippen LogP contribution in [-0.2, 0) is 39.9 Å². The molecule has 4 N–H and O–H groups in total. The molecule has 0 saturated carbocycles. The lowest BCUT2D eigenvalue weighted by Gasteiger charge is -2.27. The number of nitrogens with one attached hydrogen (secondary N) is 4. The zero-order chi connectivity index (χ0) is 34.3. The largest absolute Gasteiger partial charge is 0.460 e. The molecule has 0 radical (unpaired) electrons. The molecule has 256 valence electrons. The van der Waals surface area contributed by atoms with Crippen molar-refractivity contribution in [3.8, 4) is 0 Å². The number of thioether (sulfide) groups is 1. The van der Waals surface area contributed by atoms with Gasteiger partial charge in [0, 0.05) is 25.7 Å². The van der Waals surface area contributed by atoms with E-state index in [2.05, 4.69) is 21.3 Å². The summed E-state index contributed by atoms with van der Waals surface area (Å²) in [5, 5.41) is 11.2. The molecule has 2 rings (SSSR count). The lowest BCUT2D eigenvalue weighted by molar-refractivity contribution is -0.155. The van der Waals surface area contributed by atoms with Crippen LogP contribution in [0.2, 0.25) is 0 Å². The van der Waals surface area contributed by atoms with Gasteiger partial charge in [0.05, 0.1) is 6.04 Å². The number of benzene rings is 1. The second-order valence-corrected chi connectivity index (χ2v) is 14.2. The third-order valence-corrected chi connectivity index (χ3v) is 8.00. The van der Waals surface area contributed by atoms with E-state index in [1.54, 1.807) is 20.8 Å². The van der Waals surface area contributed by atoms with Crippen molar-refractivity contribution in [2.24, 2.45) is 5.92 Å². The van der Waals surface area contributed by atoms with Gasteiger partial charge < -0.3 is 26.0 Å². The molecule has 0 bridgehead atoms. The van der Waals surface area contributed by atoms with Gasteiger partial charge in [-0.2, -0.15) is 11.8 Å². The number of hydrogen-bond donors (Lipinski definition) is 4. The maximum atomic E-state index is 13.6. The van der Waals surface area contributed by atoms with Gasteiger partial charge in [-0.15, -0.1) is 0 Å². The van der Waals surface area contributed by atoms with E-state index in [9.17, 15) is 28.8 Å².